The van der Waals surface area contributed by atoms with Crippen LogP contribution in [0.1, 0.15) is 66.2 Å². The molecule has 4 rings (SSSR count). The zero-order valence-corrected chi connectivity index (χ0v) is 12.6. The van der Waals surface area contributed by atoms with E-state index in [1.54, 1.807) is 5.57 Å². The second kappa shape index (κ2) is 3.25. The van der Waals surface area contributed by atoms with E-state index in [0.717, 1.165) is 23.7 Å². The molecule has 3 saturated carbocycles. The maximum Gasteiger partial charge on any atom is -0.0103 e. The van der Waals surface area contributed by atoms with Gasteiger partial charge in [-0.2, -0.15) is 0 Å². The minimum Gasteiger partial charge on any atom is -0.0694 e. The van der Waals surface area contributed by atoms with Crippen LogP contribution in [0.4, 0.5) is 0 Å². The predicted molar refractivity (Wildman–Crippen MR) is 76.3 cm³/mol. The Balaban J connectivity index is 1.61. The Bertz CT molecular complexity index is 425. The van der Waals surface area contributed by atoms with Crippen molar-refractivity contribution in [3.8, 4) is 0 Å². The minimum absolute atomic E-state index is 0.672. The van der Waals surface area contributed by atoms with E-state index in [-0.39, 0.29) is 0 Å². The van der Waals surface area contributed by atoms with Crippen LogP contribution < -0.4 is 0 Å². The molecule has 0 heteroatoms. The predicted octanol–water partition coefficient (Wildman–Crippen LogP) is 5.20. The summed E-state index contributed by atoms with van der Waals surface area (Å²) in [7, 11) is 0. The molecule has 0 aromatic rings. The van der Waals surface area contributed by atoms with Crippen LogP contribution in [0.3, 0.4) is 0 Å². The van der Waals surface area contributed by atoms with E-state index in [4.69, 9.17) is 0 Å². The fourth-order valence-corrected chi connectivity index (χ4v) is 5.39. The molecule has 0 aromatic carbocycles. The van der Waals surface area contributed by atoms with Crippen LogP contribution in [-0.4, -0.2) is 0 Å². The van der Waals surface area contributed by atoms with Gasteiger partial charge in [-0.05, 0) is 73.5 Å². The Morgan fingerprint density at radius 3 is 2.22 bits per heavy atom. The Labute approximate surface area is 112 Å². The fraction of sp³-hybridized carbons (Fsp3) is 0.889. The van der Waals surface area contributed by atoms with E-state index in [0.29, 0.717) is 10.8 Å². The molecule has 100 valence electrons. The Morgan fingerprint density at radius 2 is 1.83 bits per heavy atom. The highest BCUT2D eigenvalue weighted by Gasteiger charge is 2.67. The Hall–Kier alpha value is -0.260. The van der Waals surface area contributed by atoms with Gasteiger partial charge in [-0.25, -0.2) is 0 Å². The van der Waals surface area contributed by atoms with Crippen molar-refractivity contribution in [2.24, 2.45) is 34.5 Å². The van der Waals surface area contributed by atoms with Gasteiger partial charge in [-0.15, -0.1) is 0 Å². The third-order valence-electron chi connectivity index (χ3n) is 7.58. The van der Waals surface area contributed by atoms with Crippen LogP contribution in [0.2, 0.25) is 0 Å². The average molecular weight is 244 g/mol. The highest BCUT2D eigenvalue weighted by Crippen LogP contribution is 2.75. The fourth-order valence-electron chi connectivity index (χ4n) is 5.39. The van der Waals surface area contributed by atoms with Gasteiger partial charge in [0.15, 0.2) is 0 Å². The topological polar surface area (TPSA) is 0 Å². The molecule has 0 amide bonds. The first-order valence-corrected chi connectivity index (χ1v) is 8.16. The first kappa shape index (κ1) is 11.6. The summed E-state index contributed by atoms with van der Waals surface area (Å²) in [6.07, 6.45) is 8.95. The van der Waals surface area contributed by atoms with E-state index in [2.05, 4.69) is 27.7 Å². The van der Waals surface area contributed by atoms with Crippen LogP contribution in [0.5, 0.6) is 0 Å². The SMILES string of the molecule is CC1=C(C2CC2C(C)(C2CCC2C)C2(C)CC2)C1. The van der Waals surface area contributed by atoms with Gasteiger partial charge < -0.3 is 0 Å². The molecule has 18 heavy (non-hydrogen) atoms. The minimum atomic E-state index is 0.672. The molecule has 0 aliphatic heterocycles. The summed E-state index contributed by atoms with van der Waals surface area (Å²) >= 11 is 0. The van der Waals surface area contributed by atoms with Crippen LogP contribution in [0.15, 0.2) is 11.1 Å². The number of hydrogen-bond acceptors (Lipinski definition) is 0. The van der Waals surface area contributed by atoms with E-state index >= 15 is 0 Å². The Kier molecular flexibility index (Phi) is 2.08. The molecule has 4 aliphatic carbocycles. The van der Waals surface area contributed by atoms with E-state index in [1.165, 1.54) is 38.5 Å². The monoisotopic (exact) mass is 244 g/mol. The van der Waals surface area contributed by atoms with Crippen LogP contribution in [0.25, 0.3) is 0 Å². The first-order chi connectivity index (χ1) is 8.47. The molecule has 0 nitrogen and oxygen atoms in total. The van der Waals surface area contributed by atoms with E-state index in [9.17, 15) is 0 Å². The van der Waals surface area contributed by atoms with Gasteiger partial charge in [0, 0.05) is 0 Å². The van der Waals surface area contributed by atoms with Crippen molar-refractivity contribution in [3.05, 3.63) is 11.1 Å². The number of rotatable bonds is 4. The molecule has 0 N–H and O–H groups in total. The molecule has 3 fully saturated rings. The lowest BCUT2D eigenvalue weighted by Crippen LogP contribution is -2.45. The van der Waals surface area contributed by atoms with Crippen molar-refractivity contribution in [3.63, 3.8) is 0 Å². The maximum absolute atomic E-state index is 2.68. The quantitative estimate of drug-likeness (QED) is 0.597. The van der Waals surface area contributed by atoms with Crippen molar-refractivity contribution in [1.82, 2.24) is 0 Å². The summed E-state index contributed by atoms with van der Waals surface area (Å²) in [5, 5.41) is 0. The molecule has 5 atom stereocenters. The third kappa shape index (κ3) is 1.33. The standard InChI is InChI=1S/C18H28/c1-11-5-6-15(11)18(4,17(3)7-8-17)16-10-14(16)13-9-12(13)2/h11,14-16H,5-10H2,1-4H3. The lowest BCUT2D eigenvalue weighted by molar-refractivity contribution is -0.0362. The van der Waals surface area contributed by atoms with Gasteiger partial charge in [0.05, 0.1) is 0 Å². The van der Waals surface area contributed by atoms with Crippen molar-refractivity contribution >= 4 is 0 Å². The summed E-state index contributed by atoms with van der Waals surface area (Å²) in [6.45, 7) is 10.1. The summed E-state index contributed by atoms with van der Waals surface area (Å²) in [6, 6.07) is 0. The molecule has 0 saturated heterocycles. The lowest BCUT2D eigenvalue weighted by Gasteiger charge is -2.52. The lowest BCUT2D eigenvalue weighted by atomic mass is 9.52. The molecule has 0 aromatic heterocycles. The summed E-state index contributed by atoms with van der Waals surface area (Å²) in [5.74, 6) is 4.10. The highest BCUT2D eigenvalue weighted by atomic mass is 14.7. The van der Waals surface area contributed by atoms with Gasteiger partial charge in [-0.1, -0.05) is 38.3 Å². The van der Waals surface area contributed by atoms with Crippen molar-refractivity contribution in [2.45, 2.75) is 66.2 Å². The average Bonchev–Trinajstić information content (AvgIpc) is 3.10. The summed E-state index contributed by atoms with van der Waals surface area (Å²) < 4.78 is 0. The second-order valence-electron chi connectivity index (χ2n) is 8.44. The third-order valence-corrected chi connectivity index (χ3v) is 7.58. The smallest absolute Gasteiger partial charge is 0.0103 e. The first-order valence-electron chi connectivity index (χ1n) is 8.16. The van der Waals surface area contributed by atoms with Crippen molar-refractivity contribution < 1.29 is 0 Å². The van der Waals surface area contributed by atoms with Crippen LogP contribution in [-0.2, 0) is 0 Å². The molecule has 0 bridgehead atoms. The number of hydrogen-bond donors (Lipinski definition) is 0. The van der Waals surface area contributed by atoms with Crippen LogP contribution in [0, 0.1) is 34.5 Å². The normalized spacial score (nSPS) is 47.3. The second-order valence-corrected chi connectivity index (χ2v) is 8.44. The Morgan fingerprint density at radius 1 is 1.17 bits per heavy atom. The summed E-state index contributed by atoms with van der Waals surface area (Å²) in [5.41, 5.74) is 4.97. The van der Waals surface area contributed by atoms with E-state index in [1.807, 2.05) is 5.57 Å². The zero-order chi connectivity index (χ0) is 12.7. The number of allylic oxidation sites excluding steroid dienone is 2. The van der Waals surface area contributed by atoms with E-state index < -0.39 is 0 Å². The van der Waals surface area contributed by atoms with Gasteiger partial charge in [-0.3, -0.25) is 0 Å². The molecule has 0 heterocycles. The summed E-state index contributed by atoms with van der Waals surface area (Å²) in [4.78, 5) is 0. The molecular formula is C18H28. The van der Waals surface area contributed by atoms with Gasteiger partial charge in [0.1, 0.15) is 0 Å². The molecule has 4 aliphatic rings. The van der Waals surface area contributed by atoms with Crippen LogP contribution >= 0.6 is 0 Å². The molecule has 0 radical (unpaired) electrons. The van der Waals surface area contributed by atoms with Gasteiger partial charge in [0.2, 0.25) is 0 Å². The largest absolute Gasteiger partial charge is 0.0694 e. The van der Waals surface area contributed by atoms with Crippen molar-refractivity contribution in [2.75, 3.05) is 0 Å². The zero-order valence-electron chi connectivity index (χ0n) is 12.6. The highest BCUT2D eigenvalue weighted by molar-refractivity contribution is 5.40. The van der Waals surface area contributed by atoms with Gasteiger partial charge >= 0.3 is 0 Å². The molecular weight excluding hydrogens is 216 g/mol. The van der Waals surface area contributed by atoms with Gasteiger partial charge in [0.25, 0.3) is 0 Å². The van der Waals surface area contributed by atoms with Crippen molar-refractivity contribution in [1.29, 1.82) is 0 Å². The molecule has 5 unspecified atom stereocenters. The maximum atomic E-state index is 2.68. The molecule has 0 spiro atoms.